The van der Waals surface area contributed by atoms with Crippen molar-refractivity contribution in [2.45, 2.75) is 0 Å². The van der Waals surface area contributed by atoms with E-state index in [1.165, 1.54) is 0 Å². The number of nitrogens with two attached hydrogens (primary N) is 1. The lowest BCUT2D eigenvalue weighted by molar-refractivity contribution is 0.451. The van der Waals surface area contributed by atoms with Crippen molar-refractivity contribution in [3.8, 4) is 0 Å². The lowest BCUT2D eigenvalue weighted by Crippen LogP contribution is -2.18. The molecule has 7 heteroatoms. The van der Waals surface area contributed by atoms with Gasteiger partial charge in [-0.2, -0.15) is 4.02 Å². The van der Waals surface area contributed by atoms with Gasteiger partial charge in [-0.15, -0.1) is 0 Å². The minimum atomic E-state index is -1.58. The van der Waals surface area contributed by atoms with Crippen molar-refractivity contribution < 1.29 is 17.6 Å². The lowest BCUT2D eigenvalue weighted by atomic mass is 10.1. The number of amidine groups is 1. The van der Waals surface area contributed by atoms with Gasteiger partial charge in [0, 0.05) is 6.07 Å². The first kappa shape index (κ1) is 11.0. The van der Waals surface area contributed by atoms with Crippen molar-refractivity contribution in [2.24, 2.45) is 9.75 Å². The molecule has 0 aliphatic heterocycles. The fourth-order valence-corrected chi connectivity index (χ4v) is 1.02. The molecule has 2 nitrogen and oxygen atoms in total. The summed E-state index contributed by atoms with van der Waals surface area (Å²) in [5.74, 6) is -6.90. The van der Waals surface area contributed by atoms with E-state index in [4.69, 9.17) is 5.73 Å². The van der Waals surface area contributed by atoms with Crippen LogP contribution in [0.2, 0.25) is 0 Å². The fraction of sp³-hybridized carbons (Fsp3) is 0. The van der Waals surface area contributed by atoms with E-state index in [-0.39, 0.29) is 6.07 Å². The van der Waals surface area contributed by atoms with Crippen molar-refractivity contribution in [1.29, 1.82) is 0 Å². The molecule has 0 aliphatic carbocycles. The van der Waals surface area contributed by atoms with Crippen LogP contribution < -0.4 is 5.73 Å². The zero-order valence-electron chi connectivity index (χ0n) is 6.49. The zero-order valence-corrected chi connectivity index (χ0v) is 8.08. The molecule has 1 rings (SSSR count). The highest BCUT2D eigenvalue weighted by atomic mass is 79.9. The van der Waals surface area contributed by atoms with E-state index in [9.17, 15) is 17.6 Å². The van der Waals surface area contributed by atoms with E-state index in [2.05, 4.69) is 20.2 Å². The van der Waals surface area contributed by atoms with E-state index in [0.717, 1.165) is 0 Å². The molecule has 76 valence electrons. The number of halogens is 5. The van der Waals surface area contributed by atoms with Crippen LogP contribution in [0.25, 0.3) is 0 Å². The molecule has 1 aromatic carbocycles. The molecule has 0 saturated carbocycles. The molecule has 0 atom stereocenters. The van der Waals surface area contributed by atoms with Crippen LogP contribution in [0, 0.1) is 23.3 Å². The molecule has 0 spiro atoms. The minimum Gasteiger partial charge on any atom is -0.383 e. The summed E-state index contributed by atoms with van der Waals surface area (Å²) in [5.41, 5.74) is 4.00. The van der Waals surface area contributed by atoms with Crippen LogP contribution >= 0.6 is 16.1 Å². The molecule has 2 N–H and O–H groups in total. The van der Waals surface area contributed by atoms with Crippen LogP contribution in [0.5, 0.6) is 0 Å². The average molecular weight is 271 g/mol. The second-order valence-electron chi connectivity index (χ2n) is 2.31. The Bertz CT molecular complexity index is 379. The topological polar surface area (TPSA) is 38.4 Å². The highest BCUT2D eigenvalue weighted by Crippen LogP contribution is 2.19. The number of rotatable bonds is 1. The van der Waals surface area contributed by atoms with Crippen molar-refractivity contribution in [3.63, 3.8) is 0 Å². The van der Waals surface area contributed by atoms with Gasteiger partial charge in [0.1, 0.15) is 5.84 Å². The Kier molecular flexibility index (Phi) is 3.10. The van der Waals surface area contributed by atoms with Gasteiger partial charge in [0.25, 0.3) is 0 Å². The molecule has 0 aromatic heterocycles. The van der Waals surface area contributed by atoms with Crippen LogP contribution in [0.3, 0.4) is 0 Å². The van der Waals surface area contributed by atoms with Gasteiger partial charge in [-0.25, -0.2) is 17.6 Å². The Labute approximate surface area is 84.8 Å². The summed E-state index contributed by atoms with van der Waals surface area (Å²) in [7, 11) is 0. The number of hydrogen-bond acceptors (Lipinski definition) is 1. The third-order valence-corrected chi connectivity index (χ3v) is 1.84. The normalized spacial score (nSPS) is 11.9. The molecule has 0 radical (unpaired) electrons. The first-order valence-electron chi connectivity index (χ1n) is 3.26. The summed E-state index contributed by atoms with van der Waals surface area (Å²) in [4.78, 5) is 0. The molecule has 0 bridgehead atoms. The molecule has 0 fully saturated rings. The maximum absolute atomic E-state index is 12.9. The van der Waals surface area contributed by atoms with Gasteiger partial charge in [-0.3, -0.25) is 0 Å². The molecule has 0 amide bonds. The van der Waals surface area contributed by atoms with Gasteiger partial charge >= 0.3 is 0 Å². The molecule has 0 saturated heterocycles. The summed E-state index contributed by atoms with van der Waals surface area (Å²) < 4.78 is 54.1. The van der Waals surface area contributed by atoms with Crippen LogP contribution in [0.1, 0.15) is 5.56 Å². The molecule has 14 heavy (non-hydrogen) atoms. The Morgan fingerprint density at radius 1 is 1.14 bits per heavy atom. The smallest absolute Gasteiger partial charge is 0.172 e. The van der Waals surface area contributed by atoms with E-state index in [1.807, 2.05) is 0 Å². The number of hydrogen-bond donors (Lipinski definition) is 1. The first-order chi connectivity index (χ1) is 6.49. The molecule has 0 aliphatic rings. The van der Waals surface area contributed by atoms with Crippen molar-refractivity contribution in [3.05, 3.63) is 34.9 Å². The largest absolute Gasteiger partial charge is 0.383 e. The van der Waals surface area contributed by atoms with Gasteiger partial charge in [0.05, 0.1) is 21.7 Å². The van der Waals surface area contributed by atoms with Gasteiger partial charge < -0.3 is 5.73 Å². The lowest BCUT2D eigenvalue weighted by Gasteiger charge is -2.04. The maximum atomic E-state index is 12.9. The Morgan fingerprint density at radius 2 is 1.57 bits per heavy atom. The predicted octanol–water partition coefficient (Wildman–Crippen LogP) is 2.26. The second-order valence-corrected chi connectivity index (χ2v) is 2.67. The van der Waals surface area contributed by atoms with Crippen molar-refractivity contribution in [1.82, 2.24) is 0 Å². The van der Waals surface area contributed by atoms with Crippen LogP contribution in [0.15, 0.2) is 10.1 Å². The van der Waals surface area contributed by atoms with Crippen molar-refractivity contribution >= 4 is 22.0 Å². The van der Waals surface area contributed by atoms with Gasteiger partial charge in [-0.05, 0) is 0 Å². The predicted molar refractivity (Wildman–Crippen MR) is 45.9 cm³/mol. The quantitative estimate of drug-likeness (QED) is 0.362. The van der Waals surface area contributed by atoms with E-state index < -0.39 is 34.7 Å². The Balaban J connectivity index is 3.55. The SMILES string of the molecule is NC(=NBr)c1c(F)c(F)cc(F)c1F. The molecule has 1 aromatic rings. The molecular formula is C7H3BrF4N2. The summed E-state index contributed by atoms with van der Waals surface area (Å²) in [6.45, 7) is 0. The number of benzene rings is 1. The van der Waals surface area contributed by atoms with Gasteiger partial charge in [0.2, 0.25) is 0 Å². The second kappa shape index (κ2) is 3.95. The third kappa shape index (κ3) is 1.72. The van der Waals surface area contributed by atoms with Crippen LogP contribution in [-0.2, 0) is 0 Å². The zero-order chi connectivity index (χ0) is 10.9. The third-order valence-electron chi connectivity index (χ3n) is 1.46. The average Bonchev–Trinajstić information content (AvgIpc) is 2.15. The fourth-order valence-electron chi connectivity index (χ4n) is 0.840. The Hall–Kier alpha value is -1.11. The monoisotopic (exact) mass is 270 g/mol. The summed E-state index contributed by atoms with van der Waals surface area (Å²) in [6.07, 6.45) is 0. The first-order valence-corrected chi connectivity index (χ1v) is 3.97. The van der Waals surface area contributed by atoms with Crippen LogP contribution in [0.4, 0.5) is 17.6 Å². The maximum Gasteiger partial charge on any atom is 0.172 e. The summed E-state index contributed by atoms with van der Waals surface area (Å²) >= 11 is 2.45. The Morgan fingerprint density at radius 3 is 1.93 bits per heavy atom. The highest BCUT2D eigenvalue weighted by Gasteiger charge is 2.21. The number of nitrogens with zero attached hydrogens (tertiary/aromatic N) is 1. The standard InChI is InChI=1S/C7H3BrF4N2/c8-14-7(13)4-5(11)2(9)1-3(10)6(4)12/h1H,(H2,13,14). The van der Waals surface area contributed by atoms with Crippen LogP contribution in [-0.4, -0.2) is 5.84 Å². The van der Waals surface area contributed by atoms with E-state index in [1.54, 1.807) is 0 Å². The highest BCUT2D eigenvalue weighted by molar-refractivity contribution is 9.08. The van der Waals surface area contributed by atoms with Gasteiger partial charge in [-0.1, -0.05) is 0 Å². The summed E-state index contributed by atoms with van der Waals surface area (Å²) in [6, 6.07) is 0.0929. The molecule has 0 heterocycles. The van der Waals surface area contributed by atoms with E-state index >= 15 is 0 Å². The summed E-state index contributed by atoms with van der Waals surface area (Å²) in [5, 5.41) is 0. The molecule has 0 unspecified atom stereocenters. The van der Waals surface area contributed by atoms with Crippen molar-refractivity contribution in [2.75, 3.05) is 0 Å². The molecular weight excluding hydrogens is 268 g/mol. The van der Waals surface area contributed by atoms with Gasteiger partial charge in [0.15, 0.2) is 23.3 Å². The minimum absolute atomic E-state index is 0.0929. The van der Waals surface area contributed by atoms with E-state index in [0.29, 0.717) is 0 Å².